The standard InChI is InChI=1S/C19H27ClN2O4/c1-12(2)6-8-26-17-15(20)9-14(10-16(17)25-3)19(24)22-7-4-5-13(11-22)18(21)23/h9-10,12-13H,4-8,11H2,1-3H3,(H2,21,23). The van der Waals surface area contributed by atoms with E-state index in [9.17, 15) is 9.59 Å². The Hall–Kier alpha value is -1.95. The van der Waals surface area contributed by atoms with Gasteiger partial charge < -0.3 is 20.1 Å². The lowest BCUT2D eigenvalue weighted by Crippen LogP contribution is -2.44. The fourth-order valence-corrected chi connectivity index (χ4v) is 3.22. The van der Waals surface area contributed by atoms with Crippen LogP contribution in [0.5, 0.6) is 11.5 Å². The molecule has 1 aliphatic rings. The first-order valence-electron chi connectivity index (χ1n) is 8.92. The second-order valence-corrected chi connectivity index (χ2v) is 7.42. The van der Waals surface area contributed by atoms with Crippen molar-refractivity contribution in [2.45, 2.75) is 33.1 Å². The highest BCUT2D eigenvalue weighted by Gasteiger charge is 2.28. The van der Waals surface area contributed by atoms with E-state index >= 15 is 0 Å². The van der Waals surface area contributed by atoms with E-state index in [-0.39, 0.29) is 17.7 Å². The normalized spacial score (nSPS) is 17.3. The van der Waals surface area contributed by atoms with Gasteiger partial charge in [-0.15, -0.1) is 0 Å². The minimum Gasteiger partial charge on any atom is -0.493 e. The monoisotopic (exact) mass is 382 g/mol. The van der Waals surface area contributed by atoms with Gasteiger partial charge in [-0.3, -0.25) is 9.59 Å². The van der Waals surface area contributed by atoms with Crippen molar-refractivity contribution >= 4 is 23.4 Å². The highest BCUT2D eigenvalue weighted by atomic mass is 35.5. The number of hydrogen-bond acceptors (Lipinski definition) is 4. The molecule has 2 N–H and O–H groups in total. The smallest absolute Gasteiger partial charge is 0.254 e. The van der Waals surface area contributed by atoms with Crippen LogP contribution in [0.3, 0.4) is 0 Å². The molecule has 1 aromatic carbocycles. The van der Waals surface area contributed by atoms with Crippen LogP contribution in [0.2, 0.25) is 5.02 Å². The third-order valence-electron chi connectivity index (χ3n) is 4.53. The van der Waals surface area contributed by atoms with Crippen LogP contribution in [0, 0.1) is 11.8 Å². The minimum atomic E-state index is -0.369. The number of nitrogens with zero attached hydrogens (tertiary/aromatic N) is 1. The number of primary amides is 1. The van der Waals surface area contributed by atoms with Crippen molar-refractivity contribution in [3.63, 3.8) is 0 Å². The second-order valence-electron chi connectivity index (χ2n) is 7.01. The highest BCUT2D eigenvalue weighted by molar-refractivity contribution is 6.32. The van der Waals surface area contributed by atoms with Crippen molar-refractivity contribution in [1.29, 1.82) is 0 Å². The average molecular weight is 383 g/mol. The van der Waals surface area contributed by atoms with Crippen LogP contribution in [-0.2, 0) is 4.79 Å². The second kappa shape index (κ2) is 9.12. The van der Waals surface area contributed by atoms with Gasteiger partial charge in [0.1, 0.15) is 0 Å². The number of benzene rings is 1. The zero-order valence-corrected chi connectivity index (χ0v) is 16.3. The van der Waals surface area contributed by atoms with Crippen molar-refractivity contribution in [3.8, 4) is 11.5 Å². The van der Waals surface area contributed by atoms with Crippen molar-refractivity contribution in [3.05, 3.63) is 22.7 Å². The van der Waals surface area contributed by atoms with E-state index in [1.165, 1.54) is 7.11 Å². The van der Waals surface area contributed by atoms with Gasteiger partial charge in [0, 0.05) is 18.7 Å². The van der Waals surface area contributed by atoms with Crippen molar-refractivity contribution in [2.75, 3.05) is 26.8 Å². The maximum atomic E-state index is 12.8. The van der Waals surface area contributed by atoms with Gasteiger partial charge in [0.2, 0.25) is 5.91 Å². The summed E-state index contributed by atoms with van der Waals surface area (Å²) in [6, 6.07) is 3.22. The third-order valence-corrected chi connectivity index (χ3v) is 4.81. The first-order chi connectivity index (χ1) is 12.3. The topological polar surface area (TPSA) is 81.9 Å². The predicted octanol–water partition coefficient (Wildman–Crippen LogP) is 3.11. The summed E-state index contributed by atoms with van der Waals surface area (Å²) in [6.45, 7) is 5.67. The molecule has 0 aliphatic carbocycles. The predicted molar refractivity (Wildman–Crippen MR) is 101 cm³/mol. The maximum absolute atomic E-state index is 12.8. The van der Waals surface area contributed by atoms with Gasteiger partial charge in [-0.1, -0.05) is 25.4 Å². The molecule has 6 nitrogen and oxygen atoms in total. The van der Waals surface area contributed by atoms with Gasteiger partial charge in [-0.25, -0.2) is 0 Å². The fraction of sp³-hybridized carbons (Fsp3) is 0.579. The van der Waals surface area contributed by atoms with Crippen LogP contribution < -0.4 is 15.2 Å². The molecule has 2 amide bonds. The molecule has 144 valence electrons. The first-order valence-corrected chi connectivity index (χ1v) is 9.30. The molecule has 1 unspecified atom stereocenters. The summed E-state index contributed by atoms with van der Waals surface area (Å²) in [5.41, 5.74) is 5.80. The Labute approximate surface area is 159 Å². The van der Waals surface area contributed by atoms with Gasteiger partial charge >= 0.3 is 0 Å². The number of rotatable bonds is 7. The zero-order chi connectivity index (χ0) is 19.3. The lowest BCUT2D eigenvalue weighted by Gasteiger charge is -2.31. The average Bonchev–Trinajstić information content (AvgIpc) is 2.61. The molecule has 1 saturated heterocycles. The summed E-state index contributed by atoms with van der Waals surface area (Å²) in [5.74, 6) is 0.520. The largest absolute Gasteiger partial charge is 0.493 e. The number of piperidine rings is 1. The molecule has 7 heteroatoms. The quantitative estimate of drug-likeness (QED) is 0.785. The first kappa shape index (κ1) is 20.4. The number of amides is 2. The van der Waals surface area contributed by atoms with Gasteiger partial charge in [0.15, 0.2) is 11.5 Å². The van der Waals surface area contributed by atoms with Crippen LogP contribution in [0.4, 0.5) is 0 Å². The number of carbonyl (C=O) groups excluding carboxylic acids is 2. The Bertz CT molecular complexity index is 663. The van der Waals surface area contributed by atoms with E-state index in [4.69, 9.17) is 26.8 Å². The zero-order valence-electron chi connectivity index (χ0n) is 15.6. The molecule has 1 aromatic rings. The van der Waals surface area contributed by atoms with Crippen LogP contribution in [0.15, 0.2) is 12.1 Å². The van der Waals surface area contributed by atoms with Crippen LogP contribution in [-0.4, -0.2) is 43.5 Å². The molecule has 1 atom stereocenters. The summed E-state index contributed by atoms with van der Waals surface area (Å²) < 4.78 is 11.1. The van der Waals surface area contributed by atoms with Crippen LogP contribution >= 0.6 is 11.6 Å². The van der Waals surface area contributed by atoms with Crippen molar-refractivity contribution in [2.24, 2.45) is 17.6 Å². The Morgan fingerprint density at radius 2 is 2.12 bits per heavy atom. The van der Waals surface area contributed by atoms with E-state index in [1.807, 2.05) is 0 Å². The van der Waals surface area contributed by atoms with Gasteiger partial charge in [-0.2, -0.15) is 0 Å². The molecule has 0 bridgehead atoms. The molecule has 0 aromatic heterocycles. The van der Waals surface area contributed by atoms with Crippen LogP contribution in [0.1, 0.15) is 43.5 Å². The summed E-state index contributed by atoms with van der Waals surface area (Å²) >= 11 is 6.34. The molecule has 0 radical (unpaired) electrons. The number of ether oxygens (including phenoxy) is 2. The van der Waals surface area contributed by atoms with Crippen molar-refractivity contribution < 1.29 is 19.1 Å². The maximum Gasteiger partial charge on any atom is 0.254 e. The Morgan fingerprint density at radius 1 is 1.38 bits per heavy atom. The highest BCUT2D eigenvalue weighted by Crippen LogP contribution is 2.37. The number of methoxy groups -OCH3 is 1. The van der Waals surface area contributed by atoms with E-state index in [0.717, 1.165) is 12.8 Å². The number of carbonyl (C=O) groups is 2. The molecule has 0 spiro atoms. The van der Waals surface area contributed by atoms with E-state index in [1.54, 1.807) is 17.0 Å². The van der Waals surface area contributed by atoms with E-state index < -0.39 is 0 Å². The molecule has 0 saturated carbocycles. The number of halogens is 1. The summed E-state index contributed by atoms with van der Waals surface area (Å²) in [5, 5.41) is 0.333. The van der Waals surface area contributed by atoms with E-state index in [0.29, 0.717) is 54.1 Å². The third kappa shape index (κ3) is 5.04. The lowest BCUT2D eigenvalue weighted by atomic mass is 9.97. The number of likely N-dealkylation sites (tertiary alicyclic amines) is 1. The molecule has 1 aliphatic heterocycles. The van der Waals surface area contributed by atoms with Gasteiger partial charge in [0.25, 0.3) is 5.91 Å². The fourth-order valence-electron chi connectivity index (χ4n) is 2.96. The van der Waals surface area contributed by atoms with E-state index in [2.05, 4.69) is 13.8 Å². The Morgan fingerprint density at radius 3 is 2.73 bits per heavy atom. The number of hydrogen-bond donors (Lipinski definition) is 1. The van der Waals surface area contributed by atoms with Gasteiger partial charge in [0.05, 0.1) is 24.7 Å². The molecular formula is C19H27ClN2O4. The Kier molecular flexibility index (Phi) is 7.14. The molecule has 1 fully saturated rings. The SMILES string of the molecule is COc1cc(C(=O)N2CCCC(C(N)=O)C2)cc(Cl)c1OCCC(C)C. The summed E-state index contributed by atoms with van der Waals surface area (Å²) in [4.78, 5) is 25.9. The molecule has 2 rings (SSSR count). The number of nitrogens with two attached hydrogens (primary N) is 1. The Balaban J connectivity index is 2.17. The molecule has 26 heavy (non-hydrogen) atoms. The molecular weight excluding hydrogens is 356 g/mol. The minimum absolute atomic E-state index is 0.190. The lowest BCUT2D eigenvalue weighted by molar-refractivity contribution is -0.123. The summed E-state index contributed by atoms with van der Waals surface area (Å²) in [7, 11) is 1.51. The van der Waals surface area contributed by atoms with Crippen LogP contribution in [0.25, 0.3) is 0 Å². The summed E-state index contributed by atoms with van der Waals surface area (Å²) in [6.07, 6.45) is 2.36. The van der Waals surface area contributed by atoms with Gasteiger partial charge in [-0.05, 0) is 37.3 Å². The van der Waals surface area contributed by atoms with Crippen molar-refractivity contribution in [1.82, 2.24) is 4.90 Å². The molecule has 1 heterocycles.